The number of amides is 1. The number of nitro benzene ring substituents is 1. The van der Waals surface area contributed by atoms with E-state index in [0.717, 1.165) is 16.1 Å². The van der Waals surface area contributed by atoms with Crippen molar-refractivity contribution in [1.29, 1.82) is 0 Å². The zero-order valence-corrected chi connectivity index (χ0v) is 13.6. The van der Waals surface area contributed by atoms with Gasteiger partial charge in [0.05, 0.1) is 4.92 Å². The van der Waals surface area contributed by atoms with Crippen molar-refractivity contribution < 1.29 is 9.72 Å². The Morgan fingerprint density at radius 1 is 1.30 bits per heavy atom. The van der Waals surface area contributed by atoms with Crippen LogP contribution in [0.3, 0.4) is 0 Å². The van der Waals surface area contributed by atoms with Crippen molar-refractivity contribution >= 4 is 29.0 Å². The standard InChI is InChI=1S/C16H17N3O3S/c1-10-3-6-13(23-2)8-14(10)18-9-12-5-4-11(16(17)20)7-15(12)19(21)22/h3-8,18H,9H2,1-2H3,(H2,17,20). The number of nitrogens with two attached hydrogens (primary N) is 1. The van der Waals surface area contributed by atoms with E-state index in [4.69, 9.17) is 5.73 Å². The van der Waals surface area contributed by atoms with E-state index in [1.807, 2.05) is 31.4 Å². The van der Waals surface area contributed by atoms with Crippen LogP contribution < -0.4 is 11.1 Å². The van der Waals surface area contributed by atoms with E-state index < -0.39 is 10.8 Å². The highest BCUT2D eigenvalue weighted by Gasteiger charge is 2.16. The van der Waals surface area contributed by atoms with Crippen LogP contribution in [0.4, 0.5) is 11.4 Å². The monoisotopic (exact) mass is 331 g/mol. The fourth-order valence-electron chi connectivity index (χ4n) is 2.15. The van der Waals surface area contributed by atoms with E-state index in [-0.39, 0.29) is 17.8 Å². The number of thioether (sulfide) groups is 1. The fourth-order valence-corrected chi connectivity index (χ4v) is 2.59. The van der Waals surface area contributed by atoms with Crippen molar-refractivity contribution in [2.75, 3.05) is 11.6 Å². The second-order valence-corrected chi connectivity index (χ2v) is 5.88. The highest BCUT2D eigenvalue weighted by Crippen LogP contribution is 2.25. The third-order valence-electron chi connectivity index (χ3n) is 3.48. The molecule has 0 aliphatic rings. The second kappa shape index (κ2) is 7.15. The third kappa shape index (κ3) is 4.01. The Kier molecular flexibility index (Phi) is 5.23. The molecule has 7 heteroatoms. The van der Waals surface area contributed by atoms with Crippen LogP contribution in [0.1, 0.15) is 21.5 Å². The van der Waals surface area contributed by atoms with Crippen LogP contribution in [0.25, 0.3) is 0 Å². The number of benzene rings is 2. The SMILES string of the molecule is CSc1ccc(C)c(NCc2ccc(C(N)=O)cc2[N+](=O)[O-])c1. The molecule has 0 saturated carbocycles. The summed E-state index contributed by atoms with van der Waals surface area (Å²) in [6.07, 6.45) is 1.99. The minimum Gasteiger partial charge on any atom is -0.380 e. The second-order valence-electron chi connectivity index (χ2n) is 5.00. The summed E-state index contributed by atoms with van der Waals surface area (Å²) in [4.78, 5) is 23.0. The minimum absolute atomic E-state index is 0.118. The van der Waals surface area contributed by atoms with E-state index in [9.17, 15) is 14.9 Å². The van der Waals surface area contributed by atoms with Crippen LogP contribution in [0, 0.1) is 17.0 Å². The maximum Gasteiger partial charge on any atom is 0.275 e. The lowest BCUT2D eigenvalue weighted by molar-refractivity contribution is -0.385. The van der Waals surface area contributed by atoms with E-state index in [1.54, 1.807) is 17.8 Å². The number of hydrogen-bond acceptors (Lipinski definition) is 5. The van der Waals surface area contributed by atoms with Gasteiger partial charge < -0.3 is 11.1 Å². The molecule has 0 bridgehead atoms. The number of carbonyl (C=O) groups is 1. The summed E-state index contributed by atoms with van der Waals surface area (Å²) in [5.74, 6) is -0.684. The molecule has 3 N–H and O–H groups in total. The third-order valence-corrected chi connectivity index (χ3v) is 4.21. The van der Waals surface area contributed by atoms with Crippen molar-refractivity contribution in [3.05, 3.63) is 63.2 Å². The van der Waals surface area contributed by atoms with Gasteiger partial charge in [0.25, 0.3) is 5.69 Å². The largest absolute Gasteiger partial charge is 0.380 e. The van der Waals surface area contributed by atoms with Gasteiger partial charge in [-0.3, -0.25) is 14.9 Å². The van der Waals surface area contributed by atoms with Crippen LogP contribution in [-0.4, -0.2) is 17.1 Å². The van der Waals surface area contributed by atoms with Gasteiger partial charge in [-0.25, -0.2) is 0 Å². The Morgan fingerprint density at radius 2 is 2.04 bits per heavy atom. The molecule has 0 aliphatic heterocycles. The van der Waals surface area contributed by atoms with Crippen LogP contribution in [0.2, 0.25) is 0 Å². The topological polar surface area (TPSA) is 98.3 Å². The number of nitrogens with one attached hydrogen (secondary N) is 1. The number of aryl methyl sites for hydroxylation is 1. The molecular weight excluding hydrogens is 314 g/mol. The van der Waals surface area contributed by atoms with Gasteiger partial charge in [0.1, 0.15) is 0 Å². The summed E-state index contributed by atoms with van der Waals surface area (Å²) >= 11 is 1.63. The number of rotatable bonds is 6. The lowest BCUT2D eigenvalue weighted by Crippen LogP contribution is -2.12. The average molecular weight is 331 g/mol. The first-order valence-electron chi connectivity index (χ1n) is 6.88. The van der Waals surface area contributed by atoms with E-state index >= 15 is 0 Å². The van der Waals surface area contributed by atoms with E-state index in [0.29, 0.717) is 5.56 Å². The molecule has 0 spiro atoms. The van der Waals surface area contributed by atoms with Crippen LogP contribution in [0.15, 0.2) is 41.3 Å². The Labute approximate surface area is 138 Å². The highest BCUT2D eigenvalue weighted by atomic mass is 32.2. The maximum atomic E-state index is 11.2. The Bertz CT molecular complexity index is 762. The summed E-state index contributed by atoms with van der Waals surface area (Å²) in [5, 5.41) is 14.4. The smallest absolute Gasteiger partial charge is 0.275 e. The van der Waals surface area contributed by atoms with Crippen molar-refractivity contribution in [3.8, 4) is 0 Å². The molecule has 2 aromatic carbocycles. The molecule has 23 heavy (non-hydrogen) atoms. The normalized spacial score (nSPS) is 10.3. The summed E-state index contributed by atoms with van der Waals surface area (Å²) in [5.41, 5.74) is 7.65. The van der Waals surface area contributed by atoms with Crippen LogP contribution in [0.5, 0.6) is 0 Å². The first kappa shape index (κ1) is 16.8. The number of carbonyl (C=O) groups excluding carboxylic acids is 1. The Balaban J connectivity index is 2.27. The van der Waals surface area contributed by atoms with Crippen molar-refractivity contribution in [2.45, 2.75) is 18.4 Å². The molecule has 120 valence electrons. The van der Waals surface area contributed by atoms with Gasteiger partial charge in [-0.05, 0) is 43.0 Å². The molecule has 0 heterocycles. The molecule has 1 amide bonds. The van der Waals surface area contributed by atoms with Crippen molar-refractivity contribution in [3.63, 3.8) is 0 Å². The van der Waals surface area contributed by atoms with Crippen molar-refractivity contribution in [2.24, 2.45) is 5.73 Å². The molecule has 0 aliphatic carbocycles. The first-order chi connectivity index (χ1) is 10.9. The molecule has 6 nitrogen and oxygen atoms in total. The quantitative estimate of drug-likeness (QED) is 0.480. The molecule has 0 aromatic heterocycles. The number of primary amides is 1. The summed E-state index contributed by atoms with van der Waals surface area (Å²) in [6.45, 7) is 2.26. The maximum absolute atomic E-state index is 11.2. The van der Waals surface area contributed by atoms with Gasteiger partial charge in [0.15, 0.2) is 0 Å². The van der Waals surface area contributed by atoms with Gasteiger partial charge in [0.2, 0.25) is 5.91 Å². The highest BCUT2D eigenvalue weighted by molar-refractivity contribution is 7.98. The predicted molar refractivity (Wildman–Crippen MR) is 91.9 cm³/mol. The Hall–Kier alpha value is -2.54. The summed E-state index contributed by atoms with van der Waals surface area (Å²) in [7, 11) is 0. The van der Waals surface area contributed by atoms with Gasteiger partial charge >= 0.3 is 0 Å². The molecule has 0 atom stereocenters. The van der Waals surface area contributed by atoms with Gasteiger partial charge in [-0.15, -0.1) is 11.8 Å². The number of anilines is 1. The predicted octanol–water partition coefficient (Wildman–Crippen LogP) is 3.34. The van der Waals surface area contributed by atoms with E-state index in [1.165, 1.54) is 12.1 Å². The fraction of sp³-hybridized carbons (Fsp3) is 0.188. The van der Waals surface area contributed by atoms with Crippen LogP contribution in [-0.2, 0) is 6.54 Å². The molecule has 0 radical (unpaired) electrons. The Morgan fingerprint density at radius 3 is 2.65 bits per heavy atom. The molecule has 0 unspecified atom stereocenters. The molecule has 0 fully saturated rings. The molecule has 0 saturated heterocycles. The van der Waals surface area contributed by atoms with E-state index in [2.05, 4.69) is 5.32 Å². The number of hydrogen-bond donors (Lipinski definition) is 2. The molecule has 2 aromatic rings. The van der Waals surface area contributed by atoms with Gasteiger partial charge in [0, 0.05) is 34.3 Å². The molecular formula is C16H17N3O3S. The zero-order valence-electron chi connectivity index (χ0n) is 12.8. The number of nitrogens with zero attached hydrogens (tertiary/aromatic N) is 1. The van der Waals surface area contributed by atoms with Gasteiger partial charge in [-0.2, -0.15) is 0 Å². The van der Waals surface area contributed by atoms with Crippen LogP contribution >= 0.6 is 11.8 Å². The van der Waals surface area contributed by atoms with Crippen molar-refractivity contribution in [1.82, 2.24) is 0 Å². The molecule has 2 rings (SSSR count). The average Bonchev–Trinajstić information content (AvgIpc) is 2.53. The summed E-state index contributed by atoms with van der Waals surface area (Å²) in [6, 6.07) is 10.3. The first-order valence-corrected chi connectivity index (χ1v) is 8.10. The lowest BCUT2D eigenvalue weighted by Gasteiger charge is -2.11. The van der Waals surface area contributed by atoms with Gasteiger partial charge in [-0.1, -0.05) is 6.07 Å². The minimum atomic E-state index is -0.684. The lowest BCUT2D eigenvalue weighted by atomic mass is 10.1. The summed E-state index contributed by atoms with van der Waals surface area (Å²) < 4.78 is 0. The zero-order chi connectivity index (χ0) is 17.0. The number of nitro groups is 1.